The average Bonchev–Trinajstić information content (AvgIpc) is 2.29. The maximum Gasteiger partial charge on any atom is 0.306 e. The van der Waals surface area contributed by atoms with E-state index in [1.807, 2.05) is 0 Å². The smallest absolute Gasteiger partial charge is 0.306 e. The molecule has 6 nitrogen and oxygen atoms in total. The average molecular weight is 278 g/mol. The molecule has 1 fully saturated rings. The molecule has 0 radical (unpaired) electrons. The van der Waals surface area contributed by atoms with Crippen LogP contribution in [0.1, 0.15) is 32.6 Å². The number of sulfonamides is 1. The topological polar surface area (TPSA) is 95.5 Å². The van der Waals surface area contributed by atoms with E-state index in [0.29, 0.717) is 19.5 Å². The molecule has 0 aromatic rings. The Balaban J connectivity index is 2.29. The lowest BCUT2D eigenvalue weighted by molar-refractivity contribution is -0.143. The molecule has 3 N–H and O–H groups in total. The zero-order valence-electron chi connectivity index (χ0n) is 10.7. The highest BCUT2D eigenvalue weighted by atomic mass is 32.2. The summed E-state index contributed by atoms with van der Waals surface area (Å²) in [7, 11) is -3.19. The highest BCUT2D eigenvalue weighted by molar-refractivity contribution is 7.89. The molecule has 2 atom stereocenters. The van der Waals surface area contributed by atoms with E-state index in [1.165, 1.54) is 0 Å². The molecule has 0 heterocycles. The number of nitrogens with one attached hydrogen (secondary N) is 2. The summed E-state index contributed by atoms with van der Waals surface area (Å²) in [5.41, 5.74) is 0. The zero-order chi connectivity index (χ0) is 13.6. The van der Waals surface area contributed by atoms with Gasteiger partial charge in [0.1, 0.15) is 0 Å². The zero-order valence-corrected chi connectivity index (χ0v) is 11.5. The number of carbonyl (C=O) groups is 1. The minimum absolute atomic E-state index is 0.0368. The van der Waals surface area contributed by atoms with Crippen molar-refractivity contribution in [1.82, 2.24) is 10.0 Å². The van der Waals surface area contributed by atoms with Gasteiger partial charge in [-0.05, 0) is 19.3 Å². The Morgan fingerprint density at radius 3 is 2.72 bits per heavy atom. The number of carboxylic acids is 1. The highest BCUT2D eigenvalue weighted by Crippen LogP contribution is 2.24. The molecule has 0 saturated heterocycles. The molecule has 0 bridgehead atoms. The predicted octanol–water partition coefficient (Wildman–Crippen LogP) is 0.159. The molecule has 1 saturated carbocycles. The molecule has 0 spiro atoms. The lowest BCUT2D eigenvalue weighted by Gasteiger charge is -2.27. The van der Waals surface area contributed by atoms with E-state index in [9.17, 15) is 13.2 Å². The first kappa shape index (κ1) is 15.4. The molecule has 18 heavy (non-hydrogen) atoms. The summed E-state index contributed by atoms with van der Waals surface area (Å²) in [6.45, 7) is 2.50. The van der Waals surface area contributed by atoms with Crippen molar-refractivity contribution in [2.75, 3.05) is 18.8 Å². The van der Waals surface area contributed by atoms with Crippen LogP contribution in [-0.4, -0.2) is 44.4 Å². The van der Waals surface area contributed by atoms with Crippen molar-refractivity contribution in [1.29, 1.82) is 0 Å². The Kier molecular flexibility index (Phi) is 6.04. The first-order chi connectivity index (χ1) is 8.44. The van der Waals surface area contributed by atoms with E-state index in [2.05, 4.69) is 10.0 Å². The van der Waals surface area contributed by atoms with Crippen LogP contribution in [-0.2, 0) is 14.8 Å². The van der Waals surface area contributed by atoms with E-state index in [0.717, 1.165) is 19.3 Å². The summed E-state index contributed by atoms with van der Waals surface area (Å²) >= 11 is 0. The quantitative estimate of drug-likeness (QED) is 0.616. The fourth-order valence-electron chi connectivity index (χ4n) is 2.29. The van der Waals surface area contributed by atoms with Gasteiger partial charge in [0.25, 0.3) is 0 Å². The first-order valence-electron chi connectivity index (χ1n) is 6.38. The molecule has 1 aliphatic rings. The summed E-state index contributed by atoms with van der Waals surface area (Å²) in [6, 6.07) is 0.122. The Hall–Kier alpha value is -0.660. The Bertz CT molecular complexity index is 369. The monoisotopic (exact) mass is 278 g/mol. The van der Waals surface area contributed by atoms with Gasteiger partial charge in [-0.2, -0.15) is 0 Å². The third-order valence-corrected chi connectivity index (χ3v) is 4.66. The predicted molar refractivity (Wildman–Crippen MR) is 68.8 cm³/mol. The second-order valence-corrected chi connectivity index (χ2v) is 6.60. The van der Waals surface area contributed by atoms with Gasteiger partial charge in [-0.25, -0.2) is 13.1 Å². The van der Waals surface area contributed by atoms with E-state index < -0.39 is 16.0 Å². The van der Waals surface area contributed by atoms with Crippen LogP contribution in [0, 0.1) is 5.92 Å². The minimum Gasteiger partial charge on any atom is -0.481 e. The summed E-state index contributed by atoms with van der Waals surface area (Å²) in [5.74, 6) is -1.00. The molecule has 0 aromatic heterocycles. The lowest BCUT2D eigenvalue weighted by Crippen LogP contribution is -2.40. The molecule has 2 unspecified atom stereocenters. The van der Waals surface area contributed by atoms with Crippen LogP contribution in [0.5, 0.6) is 0 Å². The van der Waals surface area contributed by atoms with Gasteiger partial charge in [0.05, 0.1) is 11.7 Å². The van der Waals surface area contributed by atoms with Crippen molar-refractivity contribution < 1.29 is 18.3 Å². The number of aliphatic carboxylic acids is 1. The number of rotatable bonds is 7. The van der Waals surface area contributed by atoms with Crippen molar-refractivity contribution in [3.8, 4) is 0 Å². The first-order valence-corrected chi connectivity index (χ1v) is 8.03. The van der Waals surface area contributed by atoms with Gasteiger partial charge >= 0.3 is 5.97 Å². The second-order valence-electron chi connectivity index (χ2n) is 4.67. The molecular formula is C11H22N2O4S. The molecule has 1 aliphatic carbocycles. The number of hydrogen-bond acceptors (Lipinski definition) is 4. The van der Waals surface area contributed by atoms with Crippen LogP contribution in [0.25, 0.3) is 0 Å². The van der Waals surface area contributed by atoms with Crippen LogP contribution in [0.3, 0.4) is 0 Å². The molecule has 0 aromatic carbocycles. The fourth-order valence-corrected chi connectivity index (χ4v) is 3.26. The van der Waals surface area contributed by atoms with Crippen molar-refractivity contribution in [3.05, 3.63) is 0 Å². The minimum atomic E-state index is -3.19. The maximum absolute atomic E-state index is 11.4. The van der Waals surface area contributed by atoms with Crippen LogP contribution >= 0.6 is 0 Å². The second kappa shape index (κ2) is 7.06. The van der Waals surface area contributed by atoms with Gasteiger partial charge in [-0.3, -0.25) is 4.79 Å². The number of carboxylic acid groups (broad SMARTS) is 1. The summed E-state index contributed by atoms with van der Waals surface area (Å²) < 4.78 is 25.2. The van der Waals surface area contributed by atoms with Gasteiger partial charge in [-0.1, -0.05) is 13.3 Å². The molecule has 0 aliphatic heterocycles. The lowest BCUT2D eigenvalue weighted by atomic mass is 9.86. The number of hydrogen-bond donors (Lipinski definition) is 3. The van der Waals surface area contributed by atoms with Crippen molar-refractivity contribution >= 4 is 16.0 Å². The Morgan fingerprint density at radius 2 is 2.11 bits per heavy atom. The highest BCUT2D eigenvalue weighted by Gasteiger charge is 2.26. The van der Waals surface area contributed by atoms with Gasteiger partial charge in [0, 0.05) is 19.1 Å². The van der Waals surface area contributed by atoms with Crippen molar-refractivity contribution in [2.45, 2.75) is 38.6 Å². The fraction of sp³-hybridized carbons (Fsp3) is 0.909. The third-order valence-electron chi connectivity index (χ3n) is 3.19. The molecular weight excluding hydrogens is 256 g/mol. The van der Waals surface area contributed by atoms with Gasteiger partial charge < -0.3 is 10.4 Å². The van der Waals surface area contributed by atoms with E-state index in [-0.39, 0.29) is 17.7 Å². The van der Waals surface area contributed by atoms with Crippen LogP contribution in [0.15, 0.2) is 0 Å². The maximum atomic E-state index is 11.4. The summed E-state index contributed by atoms with van der Waals surface area (Å²) in [6.07, 6.45) is 3.12. The Labute approximate surface area is 108 Å². The van der Waals surface area contributed by atoms with Crippen LogP contribution in [0.4, 0.5) is 0 Å². The molecule has 7 heteroatoms. The third kappa shape index (κ3) is 5.32. The van der Waals surface area contributed by atoms with Crippen molar-refractivity contribution in [2.24, 2.45) is 5.92 Å². The molecule has 106 valence electrons. The SMILES string of the molecule is CCNS(=O)(=O)CCNC1CCCC(C(=O)O)C1. The van der Waals surface area contributed by atoms with Gasteiger partial charge in [0.2, 0.25) is 10.0 Å². The molecule has 1 rings (SSSR count). The van der Waals surface area contributed by atoms with E-state index in [1.54, 1.807) is 6.92 Å². The summed E-state index contributed by atoms with van der Waals surface area (Å²) in [5, 5.41) is 12.1. The van der Waals surface area contributed by atoms with E-state index in [4.69, 9.17) is 5.11 Å². The summed E-state index contributed by atoms with van der Waals surface area (Å²) in [4.78, 5) is 10.9. The molecule has 0 amide bonds. The van der Waals surface area contributed by atoms with E-state index >= 15 is 0 Å². The van der Waals surface area contributed by atoms with Crippen LogP contribution in [0.2, 0.25) is 0 Å². The van der Waals surface area contributed by atoms with Crippen molar-refractivity contribution in [3.63, 3.8) is 0 Å². The largest absolute Gasteiger partial charge is 0.481 e. The van der Waals surface area contributed by atoms with Gasteiger partial charge in [-0.15, -0.1) is 0 Å². The van der Waals surface area contributed by atoms with Gasteiger partial charge in [0.15, 0.2) is 0 Å². The normalized spacial score (nSPS) is 24.9. The Morgan fingerprint density at radius 1 is 1.39 bits per heavy atom. The van der Waals surface area contributed by atoms with Crippen LogP contribution < -0.4 is 10.0 Å². The standard InChI is InChI=1S/C11H22N2O4S/c1-2-13-18(16,17)7-6-12-10-5-3-4-9(8-10)11(14)15/h9-10,12-13H,2-8H2,1H3,(H,14,15).